The molecule has 1 aromatic rings. The Labute approximate surface area is 92.6 Å². The van der Waals surface area contributed by atoms with E-state index in [-0.39, 0.29) is 18.8 Å². The number of methoxy groups -OCH3 is 1. The lowest BCUT2D eigenvalue weighted by Gasteiger charge is -2.12. The summed E-state index contributed by atoms with van der Waals surface area (Å²) in [6.07, 6.45) is 0. The van der Waals surface area contributed by atoms with Gasteiger partial charge >= 0.3 is 0 Å². The predicted octanol–water partition coefficient (Wildman–Crippen LogP) is -0.717. The van der Waals surface area contributed by atoms with Crippen molar-refractivity contribution in [3.63, 3.8) is 0 Å². The number of nitrogens with two attached hydrogens (primary N) is 1. The zero-order valence-electron chi connectivity index (χ0n) is 8.86. The number of hydrogen-bond donors (Lipinski definition) is 4. The number of amides is 1. The van der Waals surface area contributed by atoms with Crippen LogP contribution in [0, 0.1) is 0 Å². The first-order chi connectivity index (χ1) is 7.67. The topological polar surface area (TPSA) is 105 Å². The number of carbonyl (C=O) groups is 1. The van der Waals surface area contributed by atoms with Crippen LogP contribution in [0.15, 0.2) is 12.1 Å². The molecular weight excluding hydrogens is 212 g/mol. The number of nitrogens with one attached hydrogen (secondary N) is 1. The van der Waals surface area contributed by atoms with Crippen LogP contribution in [0.1, 0.15) is 21.5 Å². The first-order valence-corrected chi connectivity index (χ1v) is 4.60. The second-order valence-corrected chi connectivity index (χ2v) is 3.11. The minimum Gasteiger partial charge on any atom is -0.496 e. The number of rotatable bonds is 4. The van der Waals surface area contributed by atoms with E-state index in [0.29, 0.717) is 16.9 Å². The van der Waals surface area contributed by atoms with E-state index in [1.54, 1.807) is 0 Å². The van der Waals surface area contributed by atoms with Crippen LogP contribution >= 0.6 is 0 Å². The number of carbonyl (C=O) groups excluding carboxylic acids is 1. The minimum atomic E-state index is -0.488. The second-order valence-electron chi connectivity index (χ2n) is 3.11. The fraction of sp³-hybridized carbons (Fsp3) is 0.300. The Bertz CT molecular complexity index is 367. The highest BCUT2D eigenvalue weighted by molar-refractivity contribution is 5.94. The molecule has 1 amide bonds. The van der Waals surface area contributed by atoms with Gasteiger partial charge in [0.15, 0.2) is 0 Å². The van der Waals surface area contributed by atoms with Gasteiger partial charge < -0.3 is 14.9 Å². The van der Waals surface area contributed by atoms with Crippen molar-refractivity contribution in [2.45, 2.75) is 13.2 Å². The number of ether oxygens (including phenoxy) is 1. The number of hydrogen-bond acceptors (Lipinski definition) is 5. The lowest BCUT2D eigenvalue weighted by molar-refractivity contribution is 0.0953. The molecule has 88 valence electrons. The van der Waals surface area contributed by atoms with Gasteiger partial charge in [-0.15, -0.1) is 0 Å². The van der Waals surface area contributed by atoms with Crippen molar-refractivity contribution in [1.82, 2.24) is 5.43 Å². The zero-order valence-corrected chi connectivity index (χ0v) is 8.86. The Morgan fingerprint density at radius 3 is 2.56 bits per heavy atom. The van der Waals surface area contributed by atoms with Crippen molar-refractivity contribution in [1.29, 1.82) is 0 Å². The largest absolute Gasteiger partial charge is 0.496 e. The van der Waals surface area contributed by atoms with Crippen LogP contribution in [0.5, 0.6) is 5.75 Å². The molecule has 0 saturated heterocycles. The summed E-state index contributed by atoms with van der Waals surface area (Å²) in [4.78, 5) is 11.3. The summed E-state index contributed by atoms with van der Waals surface area (Å²) in [5.41, 5.74) is 3.14. The van der Waals surface area contributed by atoms with Gasteiger partial charge in [0.25, 0.3) is 5.91 Å². The maximum atomic E-state index is 11.3. The molecular formula is C10H14N2O4. The number of benzene rings is 1. The van der Waals surface area contributed by atoms with E-state index >= 15 is 0 Å². The lowest BCUT2D eigenvalue weighted by Crippen LogP contribution is -2.30. The van der Waals surface area contributed by atoms with Crippen molar-refractivity contribution in [3.8, 4) is 5.75 Å². The molecule has 0 atom stereocenters. The Morgan fingerprint density at radius 2 is 2.12 bits per heavy atom. The molecule has 1 rings (SSSR count). The van der Waals surface area contributed by atoms with Crippen molar-refractivity contribution >= 4 is 5.91 Å². The van der Waals surface area contributed by atoms with Crippen LogP contribution in [-0.2, 0) is 13.2 Å². The Kier molecular flexibility index (Phi) is 4.24. The number of hydrazine groups is 1. The van der Waals surface area contributed by atoms with Crippen LogP contribution in [-0.4, -0.2) is 23.2 Å². The third-order valence-electron chi connectivity index (χ3n) is 2.24. The second kappa shape index (κ2) is 5.45. The zero-order chi connectivity index (χ0) is 12.1. The highest BCUT2D eigenvalue weighted by Crippen LogP contribution is 2.25. The highest BCUT2D eigenvalue weighted by atomic mass is 16.5. The van der Waals surface area contributed by atoms with Gasteiger partial charge in [0, 0.05) is 11.1 Å². The monoisotopic (exact) mass is 226 g/mol. The summed E-state index contributed by atoms with van der Waals surface area (Å²) in [6.45, 7) is -0.568. The molecule has 0 radical (unpaired) electrons. The molecule has 0 aliphatic carbocycles. The lowest BCUT2D eigenvalue weighted by atomic mass is 10.0. The average Bonchev–Trinajstić information content (AvgIpc) is 2.35. The van der Waals surface area contributed by atoms with E-state index in [1.165, 1.54) is 19.2 Å². The van der Waals surface area contributed by atoms with Crippen molar-refractivity contribution in [2.24, 2.45) is 5.84 Å². The first kappa shape index (κ1) is 12.4. The predicted molar refractivity (Wildman–Crippen MR) is 56.5 cm³/mol. The molecule has 6 heteroatoms. The van der Waals surface area contributed by atoms with Gasteiger partial charge in [-0.1, -0.05) is 0 Å². The summed E-state index contributed by atoms with van der Waals surface area (Å²) in [5.74, 6) is 4.86. The van der Waals surface area contributed by atoms with E-state index in [0.717, 1.165) is 0 Å². The standard InChI is InChI=1S/C10H14N2O4/c1-16-9-3-6(10(15)12-11)2-7(4-13)8(9)5-14/h2-3,13-14H,4-5,11H2,1H3,(H,12,15). The Balaban J connectivity index is 3.31. The smallest absolute Gasteiger partial charge is 0.265 e. The van der Waals surface area contributed by atoms with E-state index in [1.807, 2.05) is 5.43 Å². The average molecular weight is 226 g/mol. The molecule has 0 aliphatic heterocycles. The van der Waals surface area contributed by atoms with Crippen LogP contribution in [0.25, 0.3) is 0 Å². The molecule has 16 heavy (non-hydrogen) atoms. The van der Waals surface area contributed by atoms with Gasteiger partial charge in [-0.2, -0.15) is 0 Å². The first-order valence-electron chi connectivity index (χ1n) is 4.60. The van der Waals surface area contributed by atoms with Gasteiger partial charge in [0.2, 0.25) is 0 Å². The van der Waals surface area contributed by atoms with Crippen molar-refractivity contribution in [3.05, 3.63) is 28.8 Å². The minimum absolute atomic E-state index is 0.264. The number of aliphatic hydroxyl groups is 2. The molecule has 1 aromatic carbocycles. The summed E-state index contributed by atoms with van der Waals surface area (Å²) >= 11 is 0. The van der Waals surface area contributed by atoms with Gasteiger partial charge in [-0.3, -0.25) is 10.2 Å². The Morgan fingerprint density at radius 1 is 1.44 bits per heavy atom. The molecule has 0 unspecified atom stereocenters. The van der Waals surface area contributed by atoms with Crippen molar-refractivity contribution < 1.29 is 19.7 Å². The van der Waals surface area contributed by atoms with E-state index in [9.17, 15) is 4.79 Å². The third-order valence-corrected chi connectivity index (χ3v) is 2.24. The molecule has 0 heterocycles. The molecule has 0 fully saturated rings. The van der Waals surface area contributed by atoms with E-state index in [2.05, 4.69) is 0 Å². The molecule has 6 nitrogen and oxygen atoms in total. The van der Waals surface area contributed by atoms with E-state index < -0.39 is 5.91 Å². The SMILES string of the molecule is COc1cc(C(=O)NN)cc(CO)c1CO. The van der Waals surface area contributed by atoms with Crippen LogP contribution in [0.4, 0.5) is 0 Å². The third kappa shape index (κ3) is 2.30. The van der Waals surface area contributed by atoms with Gasteiger partial charge in [0.05, 0.1) is 20.3 Å². The Hall–Kier alpha value is -1.63. The fourth-order valence-corrected chi connectivity index (χ4v) is 1.42. The maximum Gasteiger partial charge on any atom is 0.265 e. The van der Waals surface area contributed by atoms with Crippen LogP contribution in [0.2, 0.25) is 0 Å². The summed E-state index contributed by atoms with van der Waals surface area (Å²) < 4.78 is 5.02. The highest BCUT2D eigenvalue weighted by Gasteiger charge is 2.13. The molecule has 5 N–H and O–H groups in total. The quantitative estimate of drug-likeness (QED) is 0.308. The summed E-state index contributed by atoms with van der Waals surface area (Å²) in [7, 11) is 1.42. The summed E-state index contributed by atoms with van der Waals surface area (Å²) in [6, 6.07) is 2.91. The van der Waals surface area contributed by atoms with Gasteiger partial charge in [0.1, 0.15) is 5.75 Å². The molecule has 0 aromatic heterocycles. The van der Waals surface area contributed by atoms with Crippen LogP contribution in [0.3, 0.4) is 0 Å². The van der Waals surface area contributed by atoms with Gasteiger partial charge in [-0.05, 0) is 17.7 Å². The van der Waals surface area contributed by atoms with Gasteiger partial charge in [-0.25, -0.2) is 5.84 Å². The molecule has 0 saturated carbocycles. The molecule has 0 aliphatic rings. The normalized spacial score (nSPS) is 10.0. The van der Waals surface area contributed by atoms with Crippen molar-refractivity contribution in [2.75, 3.05) is 7.11 Å². The van der Waals surface area contributed by atoms with E-state index in [4.69, 9.17) is 20.8 Å². The molecule has 0 spiro atoms. The maximum absolute atomic E-state index is 11.3. The summed E-state index contributed by atoms with van der Waals surface area (Å²) in [5, 5.41) is 18.3. The fourth-order valence-electron chi connectivity index (χ4n) is 1.42. The number of aliphatic hydroxyl groups excluding tert-OH is 2. The van der Waals surface area contributed by atoms with Crippen LogP contribution < -0.4 is 16.0 Å². The number of nitrogen functional groups attached to an aromatic ring is 1. The molecule has 0 bridgehead atoms.